The van der Waals surface area contributed by atoms with E-state index in [0.717, 1.165) is 18.4 Å². The molecule has 1 aromatic carbocycles. The van der Waals surface area contributed by atoms with E-state index >= 15 is 0 Å². The van der Waals surface area contributed by atoms with Crippen LogP contribution in [0.4, 0.5) is 0 Å². The molecule has 0 fully saturated rings. The van der Waals surface area contributed by atoms with Crippen molar-refractivity contribution in [1.29, 1.82) is 0 Å². The molecule has 0 aromatic heterocycles. The minimum atomic E-state index is 0. The Balaban J connectivity index is 0. The smallest absolute Gasteiger partial charge is 0.358 e. The normalized spacial score (nSPS) is 8.31. The molecule has 0 spiro atoms. The van der Waals surface area contributed by atoms with E-state index < -0.39 is 0 Å². The minimum absolute atomic E-state index is 0. The largest absolute Gasteiger partial charge is 2.00 e. The molecule has 13 heavy (non-hydrogen) atoms. The van der Waals surface area contributed by atoms with E-state index in [1.807, 2.05) is 6.07 Å². The molecule has 0 aliphatic carbocycles. The Morgan fingerprint density at radius 2 is 1.46 bits per heavy atom. The maximum Gasteiger partial charge on any atom is 2.00 e. The van der Waals surface area contributed by atoms with Crippen LogP contribution in [0.15, 0.2) is 18.2 Å². The van der Waals surface area contributed by atoms with E-state index in [1.54, 1.807) is 0 Å². The van der Waals surface area contributed by atoms with Crippen molar-refractivity contribution in [1.82, 2.24) is 0 Å². The van der Waals surface area contributed by atoms with Gasteiger partial charge in [0.2, 0.25) is 0 Å². The third-order valence-electron chi connectivity index (χ3n) is 1.91. The van der Waals surface area contributed by atoms with Crippen LogP contribution in [0, 0.1) is 28.2 Å². The zero-order valence-corrected chi connectivity index (χ0v) is 9.64. The van der Waals surface area contributed by atoms with Crippen molar-refractivity contribution < 1.29 is 20.4 Å². The minimum Gasteiger partial charge on any atom is -0.358 e. The zero-order chi connectivity index (χ0) is 8.27. The SMILES string of the molecule is [CH2+]Cc1cccc(C[CH2+])c1[CH2-].[CH3-].[Pd+2]. The van der Waals surface area contributed by atoms with E-state index in [2.05, 4.69) is 32.9 Å². The van der Waals surface area contributed by atoms with Crippen LogP contribution in [0.2, 0.25) is 0 Å². The van der Waals surface area contributed by atoms with Crippen molar-refractivity contribution >= 4 is 0 Å². The maximum atomic E-state index is 3.98. The first-order chi connectivity index (χ1) is 5.29. The van der Waals surface area contributed by atoms with Gasteiger partial charge >= 0.3 is 20.4 Å². The molecule has 0 saturated heterocycles. The van der Waals surface area contributed by atoms with Crippen molar-refractivity contribution in [3.8, 4) is 0 Å². The van der Waals surface area contributed by atoms with Gasteiger partial charge in [0.15, 0.2) is 0 Å². The van der Waals surface area contributed by atoms with Gasteiger partial charge in [-0.3, -0.25) is 0 Å². The van der Waals surface area contributed by atoms with Crippen LogP contribution in [-0.2, 0) is 33.3 Å². The molecule has 72 valence electrons. The first kappa shape index (κ1) is 15.0. The van der Waals surface area contributed by atoms with Crippen molar-refractivity contribution in [2.75, 3.05) is 0 Å². The van der Waals surface area contributed by atoms with Crippen LogP contribution in [0.5, 0.6) is 0 Å². The van der Waals surface area contributed by atoms with Gasteiger partial charge < -0.3 is 7.43 Å². The topological polar surface area (TPSA) is 0 Å². The molecule has 0 N–H and O–H groups in total. The van der Waals surface area contributed by atoms with Crippen molar-refractivity contribution in [3.63, 3.8) is 0 Å². The Morgan fingerprint density at radius 1 is 1.08 bits per heavy atom. The summed E-state index contributed by atoms with van der Waals surface area (Å²) in [6, 6.07) is 6.17. The summed E-state index contributed by atoms with van der Waals surface area (Å²) in [5, 5.41) is 0. The Morgan fingerprint density at radius 3 is 1.77 bits per heavy atom. The summed E-state index contributed by atoms with van der Waals surface area (Å²) >= 11 is 0. The monoisotopic (exact) mass is 266 g/mol. The fraction of sp³-hybridized carbons (Fsp3) is 0.167. The molecule has 0 atom stereocenters. The number of hydrogen-bond acceptors (Lipinski definition) is 0. The molecule has 0 aliphatic heterocycles. The average Bonchev–Trinajstić information content (AvgIpc) is 2.05. The summed E-state index contributed by atoms with van der Waals surface area (Å²) in [5.74, 6) is 0. The predicted molar refractivity (Wildman–Crippen MR) is 55.4 cm³/mol. The van der Waals surface area contributed by atoms with E-state index in [-0.39, 0.29) is 27.8 Å². The zero-order valence-electron chi connectivity index (χ0n) is 8.08. The predicted octanol–water partition coefficient (Wildman–Crippen LogP) is 3.07. The Hall–Kier alpha value is -0.508. The molecule has 1 heteroatoms. The van der Waals surface area contributed by atoms with E-state index in [0.29, 0.717) is 0 Å². The molecule has 1 rings (SSSR count). The third-order valence-corrected chi connectivity index (χ3v) is 1.91. The summed E-state index contributed by atoms with van der Waals surface area (Å²) in [7, 11) is 0. The van der Waals surface area contributed by atoms with Gasteiger partial charge in [-0.15, -0.1) is 23.3 Å². The van der Waals surface area contributed by atoms with Crippen LogP contribution in [-0.4, -0.2) is 0 Å². The third kappa shape index (κ3) is 3.38. The van der Waals surface area contributed by atoms with E-state index in [1.165, 1.54) is 11.1 Å². The second-order valence-corrected chi connectivity index (χ2v) is 2.55. The van der Waals surface area contributed by atoms with Crippen LogP contribution < -0.4 is 0 Å². The summed E-state index contributed by atoms with van der Waals surface area (Å²) in [5.41, 5.74) is 3.56. The first-order valence-corrected chi connectivity index (χ1v) is 3.80. The second-order valence-electron chi connectivity index (χ2n) is 2.55. The summed E-state index contributed by atoms with van der Waals surface area (Å²) in [4.78, 5) is 0. The molecule has 0 heterocycles. The molecule has 0 radical (unpaired) electrons. The van der Waals surface area contributed by atoms with Gasteiger partial charge in [0.1, 0.15) is 0 Å². The van der Waals surface area contributed by atoms with Gasteiger partial charge in [0, 0.05) is 0 Å². The molecule has 0 aliphatic rings. The molecule has 0 amide bonds. The van der Waals surface area contributed by atoms with Crippen LogP contribution in [0.1, 0.15) is 16.7 Å². The molecule has 0 bridgehead atoms. The summed E-state index contributed by atoms with van der Waals surface area (Å²) < 4.78 is 0. The number of hydrogen-bond donors (Lipinski definition) is 0. The molecule has 0 nitrogen and oxygen atoms in total. The van der Waals surface area contributed by atoms with Crippen molar-refractivity contribution in [2.24, 2.45) is 0 Å². The van der Waals surface area contributed by atoms with Gasteiger partial charge in [-0.1, -0.05) is 6.07 Å². The van der Waals surface area contributed by atoms with Gasteiger partial charge in [-0.25, -0.2) is 0 Å². The Labute approximate surface area is 96.4 Å². The summed E-state index contributed by atoms with van der Waals surface area (Å²) in [6.45, 7) is 11.6. The Bertz CT molecular complexity index is 219. The second kappa shape index (κ2) is 6.95. The van der Waals surface area contributed by atoms with Crippen LogP contribution >= 0.6 is 0 Å². The van der Waals surface area contributed by atoms with Gasteiger partial charge in [-0.05, 0) is 0 Å². The Kier molecular flexibility index (Phi) is 8.01. The van der Waals surface area contributed by atoms with Crippen molar-refractivity contribution in [3.05, 3.63) is 63.1 Å². The number of rotatable bonds is 2. The molecular formula is C12H16Pd+2. The average molecular weight is 267 g/mol. The molecule has 1 aromatic rings. The molecular weight excluding hydrogens is 251 g/mol. The van der Waals surface area contributed by atoms with Gasteiger partial charge in [0.05, 0.1) is 26.7 Å². The first-order valence-electron chi connectivity index (χ1n) is 3.80. The standard InChI is InChI=1S/C11H13.CH3.Pd/c1-4-10-7-6-8-11(5-2)9(10)3;;/h6-8H,1-5H2;1H3;/q+1;-1;+2. The van der Waals surface area contributed by atoms with E-state index in [9.17, 15) is 0 Å². The fourth-order valence-corrected chi connectivity index (χ4v) is 1.16. The van der Waals surface area contributed by atoms with Gasteiger partial charge in [-0.2, -0.15) is 12.5 Å². The fourth-order valence-electron chi connectivity index (χ4n) is 1.16. The van der Waals surface area contributed by atoms with E-state index in [4.69, 9.17) is 0 Å². The number of benzene rings is 1. The maximum absolute atomic E-state index is 3.98. The van der Waals surface area contributed by atoms with Crippen LogP contribution in [0.3, 0.4) is 0 Å². The quantitative estimate of drug-likeness (QED) is 0.570. The molecule has 0 saturated carbocycles. The molecule has 0 unspecified atom stereocenters. The van der Waals surface area contributed by atoms with Crippen LogP contribution in [0.25, 0.3) is 0 Å². The van der Waals surface area contributed by atoms with Crippen molar-refractivity contribution in [2.45, 2.75) is 12.8 Å². The van der Waals surface area contributed by atoms with Gasteiger partial charge in [0.25, 0.3) is 0 Å². The summed E-state index contributed by atoms with van der Waals surface area (Å²) in [6.07, 6.45) is 1.62.